The summed E-state index contributed by atoms with van der Waals surface area (Å²) in [5.41, 5.74) is 3.51. The largest absolute Gasteiger partial charge is 0.460 e. The smallest absolute Gasteiger partial charge is 0.256 e. The molecule has 1 N–H and O–H groups in total. The van der Waals surface area contributed by atoms with Crippen LogP contribution in [0.25, 0.3) is 22.4 Å². The molecule has 0 unspecified atom stereocenters. The number of nitrogens with zero attached hydrogens (tertiary/aromatic N) is 1. The molecule has 2 heterocycles. The number of carbonyl (C=O) groups is 1. The molecular weight excluding hydrogens is 360 g/mol. The van der Waals surface area contributed by atoms with Crippen molar-refractivity contribution in [3.8, 4) is 11.5 Å². The Morgan fingerprint density at radius 2 is 1.85 bits per heavy atom. The third kappa shape index (κ3) is 3.44. The van der Waals surface area contributed by atoms with Crippen LogP contribution in [0.2, 0.25) is 5.02 Å². The lowest BCUT2D eigenvalue weighted by molar-refractivity contribution is 0.102. The molecule has 0 atom stereocenters. The number of anilines is 1. The molecule has 0 aliphatic carbocycles. The number of benzene rings is 2. The van der Waals surface area contributed by atoms with Crippen molar-refractivity contribution in [3.05, 3.63) is 82.6 Å². The summed E-state index contributed by atoms with van der Waals surface area (Å²) in [5, 5.41) is 4.31. The zero-order valence-electron chi connectivity index (χ0n) is 14.9. The lowest BCUT2D eigenvalue weighted by atomic mass is 10.1. The average molecular weight is 377 g/mol. The SMILES string of the molecule is Cc1ccc(-c2cc(C(=O)Nc3cc(Cl)ccc3C)c3ccccc3n2)o1. The molecule has 4 aromatic rings. The molecule has 4 rings (SSSR count). The minimum atomic E-state index is -0.219. The van der Waals surface area contributed by atoms with Crippen molar-refractivity contribution < 1.29 is 9.21 Å². The molecule has 0 aliphatic heterocycles. The van der Waals surface area contributed by atoms with E-state index in [1.807, 2.05) is 56.3 Å². The molecule has 0 bridgehead atoms. The van der Waals surface area contributed by atoms with E-state index >= 15 is 0 Å². The highest BCUT2D eigenvalue weighted by Crippen LogP contribution is 2.28. The van der Waals surface area contributed by atoms with Gasteiger partial charge >= 0.3 is 0 Å². The summed E-state index contributed by atoms with van der Waals surface area (Å²) in [4.78, 5) is 17.7. The van der Waals surface area contributed by atoms with Gasteiger partial charge in [0.1, 0.15) is 11.5 Å². The molecule has 0 radical (unpaired) electrons. The number of furan rings is 1. The maximum Gasteiger partial charge on any atom is 0.256 e. The Morgan fingerprint density at radius 1 is 1.04 bits per heavy atom. The Morgan fingerprint density at radius 3 is 2.63 bits per heavy atom. The van der Waals surface area contributed by atoms with E-state index in [1.54, 1.807) is 18.2 Å². The zero-order valence-corrected chi connectivity index (χ0v) is 15.7. The second-order valence-electron chi connectivity index (χ2n) is 6.40. The first-order chi connectivity index (χ1) is 13.0. The van der Waals surface area contributed by atoms with Gasteiger partial charge in [0, 0.05) is 16.1 Å². The van der Waals surface area contributed by atoms with Crippen LogP contribution in [0.1, 0.15) is 21.7 Å². The van der Waals surface area contributed by atoms with Gasteiger partial charge in [-0.2, -0.15) is 0 Å². The van der Waals surface area contributed by atoms with E-state index in [-0.39, 0.29) is 5.91 Å². The predicted octanol–water partition coefficient (Wildman–Crippen LogP) is 6.02. The van der Waals surface area contributed by atoms with Crippen LogP contribution in [0.4, 0.5) is 5.69 Å². The number of aromatic nitrogens is 1. The van der Waals surface area contributed by atoms with E-state index in [1.165, 1.54) is 0 Å². The fourth-order valence-electron chi connectivity index (χ4n) is 2.98. The summed E-state index contributed by atoms with van der Waals surface area (Å²) in [5.74, 6) is 1.20. The number of carbonyl (C=O) groups excluding carboxylic acids is 1. The number of hydrogen-bond acceptors (Lipinski definition) is 3. The average Bonchev–Trinajstić information content (AvgIpc) is 3.10. The van der Waals surface area contributed by atoms with Crippen LogP contribution in [-0.4, -0.2) is 10.9 Å². The third-order valence-electron chi connectivity index (χ3n) is 4.40. The van der Waals surface area contributed by atoms with E-state index in [4.69, 9.17) is 16.0 Å². The number of hydrogen-bond donors (Lipinski definition) is 1. The van der Waals surface area contributed by atoms with Crippen molar-refractivity contribution in [1.29, 1.82) is 0 Å². The summed E-state index contributed by atoms with van der Waals surface area (Å²) >= 11 is 6.08. The van der Waals surface area contributed by atoms with Gasteiger partial charge < -0.3 is 9.73 Å². The first-order valence-electron chi connectivity index (χ1n) is 8.55. The van der Waals surface area contributed by atoms with E-state index in [9.17, 15) is 4.79 Å². The van der Waals surface area contributed by atoms with Crippen LogP contribution >= 0.6 is 11.6 Å². The number of halogens is 1. The number of pyridine rings is 1. The minimum absolute atomic E-state index is 0.219. The standard InChI is InChI=1S/C22H17ClN2O2/c1-13-7-9-15(23)11-19(13)25-22(26)17-12-20(21-10-8-14(2)27-21)24-18-6-4-3-5-16(17)18/h3-12H,1-2H3,(H,25,26). The van der Waals surface area contributed by atoms with Crippen molar-refractivity contribution in [2.24, 2.45) is 0 Å². The van der Waals surface area contributed by atoms with Gasteiger partial charge in [0.2, 0.25) is 0 Å². The maximum atomic E-state index is 13.1. The normalized spacial score (nSPS) is 10.9. The van der Waals surface area contributed by atoms with Crippen molar-refractivity contribution >= 4 is 34.1 Å². The quantitative estimate of drug-likeness (QED) is 0.475. The van der Waals surface area contributed by atoms with E-state index in [2.05, 4.69) is 10.3 Å². The first kappa shape index (κ1) is 17.3. The fraction of sp³-hybridized carbons (Fsp3) is 0.0909. The molecule has 27 heavy (non-hydrogen) atoms. The van der Waals surface area contributed by atoms with E-state index in [0.717, 1.165) is 22.2 Å². The molecule has 0 saturated heterocycles. The van der Waals surface area contributed by atoms with Gasteiger partial charge in [-0.1, -0.05) is 35.9 Å². The van der Waals surface area contributed by atoms with Gasteiger partial charge in [-0.3, -0.25) is 4.79 Å². The van der Waals surface area contributed by atoms with Crippen LogP contribution < -0.4 is 5.32 Å². The Balaban J connectivity index is 1.82. The highest BCUT2D eigenvalue weighted by Gasteiger charge is 2.16. The summed E-state index contributed by atoms with van der Waals surface area (Å²) < 4.78 is 5.69. The monoisotopic (exact) mass is 376 g/mol. The summed E-state index contributed by atoms with van der Waals surface area (Å²) in [6.07, 6.45) is 0. The summed E-state index contributed by atoms with van der Waals surface area (Å²) in [7, 11) is 0. The number of amides is 1. The predicted molar refractivity (Wildman–Crippen MR) is 108 cm³/mol. The molecule has 2 aromatic carbocycles. The molecule has 0 aliphatic rings. The van der Waals surface area contributed by atoms with Crippen LogP contribution in [0.5, 0.6) is 0 Å². The number of rotatable bonds is 3. The molecule has 0 saturated carbocycles. The lowest BCUT2D eigenvalue weighted by Gasteiger charge is -2.11. The first-order valence-corrected chi connectivity index (χ1v) is 8.93. The minimum Gasteiger partial charge on any atom is -0.460 e. The van der Waals surface area contributed by atoms with Crippen molar-refractivity contribution in [1.82, 2.24) is 4.98 Å². The molecule has 2 aromatic heterocycles. The summed E-state index contributed by atoms with van der Waals surface area (Å²) in [6, 6.07) is 18.5. The zero-order chi connectivity index (χ0) is 19.0. The van der Waals surface area contributed by atoms with Crippen LogP contribution in [0.3, 0.4) is 0 Å². The van der Waals surface area contributed by atoms with Gasteiger partial charge in [0.15, 0.2) is 5.76 Å². The van der Waals surface area contributed by atoms with Crippen molar-refractivity contribution in [3.63, 3.8) is 0 Å². The van der Waals surface area contributed by atoms with Crippen LogP contribution in [0, 0.1) is 13.8 Å². The molecule has 5 heteroatoms. The van der Waals surface area contributed by atoms with Crippen molar-refractivity contribution in [2.75, 3.05) is 5.32 Å². The Hall–Kier alpha value is -3.11. The Kier molecular flexibility index (Phi) is 4.42. The Labute approximate surface area is 161 Å². The van der Waals surface area contributed by atoms with E-state index < -0.39 is 0 Å². The highest BCUT2D eigenvalue weighted by molar-refractivity contribution is 6.31. The van der Waals surface area contributed by atoms with Gasteiger partial charge in [0.25, 0.3) is 5.91 Å². The number of para-hydroxylation sites is 1. The van der Waals surface area contributed by atoms with Crippen molar-refractivity contribution in [2.45, 2.75) is 13.8 Å². The molecule has 0 spiro atoms. The molecule has 4 nitrogen and oxygen atoms in total. The van der Waals surface area contributed by atoms with Gasteiger partial charge in [0.05, 0.1) is 11.1 Å². The number of aryl methyl sites for hydroxylation is 2. The lowest BCUT2D eigenvalue weighted by Crippen LogP contribution is -2.14. The van der Waals surface area contributed by atoms with Gasteiger partial charge in [-0.25, -0.2) is 4.98 Å². The second-order valence-corrected chi connectivity index (χ2v) is 6.83. The molecule has 0 fully saturated rings. The summed E-state index contributed by atoms with van der Waals surface area (Å²) in [6.45, 7) is 3.80. The topological polar surface area (TPSA) is 55.1 Å². The number of fused-ring (bicyclic) bond motifs is 1. The Bertz CT molecular complexity index is 1160. The van der Waals surface area contributed by atoms with E-state index in [0.29, 0.717) is 27.7 Å². The third-order valence-corrected chi connectivity index (χ3v) is 4.64. The van der Waals surface area contributed by atoms with Crippen LogP contribution in [-0.2, 0) is 0 Å². The van der Waals surface area contributed by atoms with Crippen LogP contribution in [0.15, 0.2) is 65.1 Å². The fourth-order valence-corrected chi connectivity index (χ4v) is 3.15. The van der Waals surface area contributed by atoms with Gasteiger partial charge in [-0.05, 0) is 55.8 Å². The van der Waals surface area contributed by atoms with Gasteiger partial charge in [-0.15, -0.1) is 0 Å². The second kappa shape index (κ2) is 6.89. The molecular formula is C22H17ClN2O2. The molecule has 1 amide bonds. The number of nitrogens with one attached hydrogen (secondary N) is 1. The highest BCUT2D eigenvalue weighted by atomic mass is 35.5. The molecule has 134 valence electrons. The maximum absolute atomic E-state index is 13.1.